The van der Waals surface area contributed by atoms with E-state index < -0.39 is 5.54 Å². The number of likely N-dealkylation sites (tertiary alicyclic amines) is 1. The molecule has 0 spiro atoms. The monoisotopic (exact) mass is 398 g/mol. The van der Waals surface area contributed by atoms with Gasteiger partial charge in [0.15, 0.2) is 0 Å². The maximum Gasteiger partial charge on any atom is 0.250 e. The molecule has 3 aromatic rings. The minimum atomic E-state index is -0.800. The van der Waals surface area contributed by atoms with Crippen LogP contribution in [-0.2, 0) is 16.0 Å². The van der Waals surface area contributed by atoms with Crippen LogP contribution in [0.25, 0.3) is 11.1 Å². The highest BCUT2D eigenvalue weighted by atomic mass is 16.2. The molecule has 0 aliphatic carbocycles. The largest absolute Gasteiger partial charge is 0.328 e. The van der Waals surface area contributed by atoms with Crippen molar-refractivity contribution in [2.75, 3.05) is 11.9 Å². The molecule has 4 heteroatoms. The van der Waals surface area contributed by atoms with Crippen molar-refractivity contribution in [1.82, 2.24) is 4.90 Å². The van der Waals surface area contributed by atoms with E-state index in [1.165, 1.54) is 0 Å². The fourth-order valence-electron chi connectivity index (χ4n) is 3.81. The number of carbonyl (C=O) groups excluding carboxylic acids is 2. The third kappa shape index (κ3) is 3.99. The zero-order chi connectivity index (χ0) is 21.1. The maximum absolute atomic E-state index is 12.9. The molecule has 4 nitrogen and oxygen atoms in total. The SMILES string of the molecule is Cc1ccc(NC(=O)C2(C)CCN2C(=O)Cc2ccc(-c3ccccc3)cc2)cc1. The second-order valence-corrected chi connectivity index (χ2v) is 8.13. The van der Waals surface area contributed by atoms with Gasteiger partial charge in [-0.15, -0.1) is 0 Å². The molecule has 1 aliphatic rings. The molecule has 1 fully saturated rings. The van der Waals surface area contributed by atoms with Crippen LogP contribution in [0.5, 0.6) is 0 Å². The van der Waals surface area contributed by atoms with Gasteiger partial charge in [0.2, 0.25) is 11.8 Å². The van der Waals surface area contributed by atoms with Crippen LogP contribution in [0.3, 0.4) is 0 Å². The number of hydrogen-bond donors (Lipinski definition) is 1. The van der Waals surface area contributed by atoms with Crippen molar-refractivity contribution in [3.63, 3.8) is 0 Å². The van der Waals surface area contributed by atoms with Crippen molar-refractivity contribution in [1.29, 1.82) is 0 Å². The van der Waals surface area contributed by atoms with Crippen LogP contribution in [0.1, 0.15) is 24.5 Å². The first-order valence-corrected chi connectivity index (χ1v) is 10.3. The van der Waals surface area contributed by atoms with Crippen LogP contribution in [-0.4, -0.2) is 28.8 Å². The van der Waals surface area contributed by atoms with Gasteiger partial charge in [0, 0.05) is 12.2 Å². The Morgan fingerprint density at radius 2 is 1.53 bits per heavy atom. The van der Waals surface area contributed by atoms with Gasteiger partial charge in [0.1, 0.15) is 5.54 Å². The van der Waals surface area contributed by atoms with Gasteiger partial charge in [0.25, 0.3) is 0 Å². The third-order valence-electron chi connectivity index (χ3n) is 5.93. The van der Waals surface area contributed by atoms with Gasteiger partial charge in [-0.2, -0.15) is 0 Å². The molecule has 1 unspecified atom stereocenters. The summed E-state index contributed by atoms with van der Waals surface area (Å²) in [7, 11) is 0. The first kappa shape index (κ1) is 19.9. The Bertz CT molecular complexity index is 1040. The predicted octanol–water partition coefficient (Wildman–Crippen LogP) is 4.83. The number of rotatable bonds is 5. The first-order valence-electron chi connectivity index (χ1n) is 10.3. The molecule has 2 amide bonds. The molecule has 1 atom stereocenters. The molecule has 1 heterocycles. The van der Waals surface area contributed by atoms with Gasteiger partial charge in [-0.05, 0) is 49.1 Å². The highest BCUT2D eigenvalue weighted by Crippen LogP contribution is 2.32. The van der Waals surface area contributed by atoms with E-state index >= 15 is 0 Å². The summed E-state index contributed by atoms with van der Waals surface area (Å²) in [6.07, 6.45) is 0.964. The zero-order valence-corrected chi connectivity index (χ0v) is 17.4. The Kier molecular flexibility index (Phi) is 5.40. The highest BCUT2D eigenvalue weighted by Gasteiger charge is 2.49. The van der Waals surface area contributed by atoms with Gasteiger partial charge in [-0.1, -0.05) is 72.3 Å². The number of nitrogens with zero attached hydrogens (tertiary/aromatic N) is 1. The summed E-state index contributed by atoms with van der Waals surface area (Å²) in [5.74, 6) is -0.152. The normalized spacial score (nSPS) is 17.9. The highest BCUT2D eigenvalue weighted by molar-refractivity contribution is 6.01. The van der Waals surface area contributed by atoms with E-state index in [9.17, 15) is 9.59 Å². The van der Waals surface area contributed by atoms with E-state index in [-0.39, 0.29) is 11.8 Å². The fraction of sp³-hybridized carbons (Fsp3) is 0.231. The van der Waals surface area contributed by atoms with Gasteiger partial charge in [-0.25, -0.2) is 0 Å². The average Bonchev–Trinajstić information content (AvgIpc) is 2.75. The van der Waals surface area contributed by atoms with Gasteiger partial charge in [0.05, 0.1) is 6.42 Å². The van der Waals surface area contributed by atoms with E-state index in [4.69, 9.17) is 0 Å². The van der Waals surface area contributed by atoms with Gasteiger partial charge < -0.3 is 10.2 Å². The molecule has 3 aromatic carbocycles. The van der Waals surface area contributed by atoms with E-state index in [2.05, 4.69) is 17.4 Å². The van der Waals surface area contributed by atoms with Crippen LogP contribution in [0.2, 0.25) is 0 Å². The molecule has 0 radical (unpaired) electrons. The van der Waals surface area contributed by atoms with E-state index in [1.54, 1.807) is 4.90 Å². The van der Waals surface area contributed by atoms with Crippen molar-refractivity contribution in [3.8, 4) is 11.1 Å². The average molecular weight is 399 g/mol. The Balaban J connectivity index is 1.40. The summed E-state index contributed by atoms with van der Waals surface area (Å²) in [6.45, 7) is 4.46. The molecule has 152 valence electrons. The van der Waals surface area contributed by atoms with Crippen LogP contribution < -0.4 is 5.32 Å². The van der Waals surface area contributed by atoms with Crippen LogP contribution >= 0.6 is 0 Å². The Morgan fingerprint density at radius 3 is 2.13 bits per heavy atom. The molecule has 0 saturated carbocycles. The minimum Gasteiger partial charge on any atom is -0.328 e. The summed E-state index contributed by atoms with van der Waals surface area (Å²) in [4.78, 5) is 27.5. The minimum absolute atomic E-state index is 0.0183. The topological polar surface area (TPSA) is 49.4 Å². The van der Waals surface area contributed by atoms with Crippen molar-refractivity contribution < 1.29 is 9.59 Å². The molecular formula is C26H26N2O2. The summed E-state index contributed by atoms with van der Waals surface area (Å²) < 4.78 is 0. The molecular weight excluding hydrogens is 372 g/mol. The molecule has 0 bridgehead atoms. The molecule has 30 heavy (non-hydrogen) atoms. The Morgan fingerprint density at radius 1 is 0.900 bits per heavy atom. The van der Waals surface area contributed by atoms with Crippen molar-refractivity contribution in [2.24, 2.45) is 0 Å². The lowest BCUT2D eigenvalue weighted by Crippen LogP contribution is -2.66. The standard InChI is InChI=1S/C26H26N2O2/c1-19-8-14-23(15-9-19)27-25(30)26(2)16-17-28(26)24(29)18-20-10-12-22(13-11-20)21-6-4-3-5-7-21/h3-15H,16-18H2,1-2H3,(H,27,30). The second kappa shape index (κ2) is 8.15. The predicted molar refractivity (Wildman–Crippen MR) is 120 cm³/mol. The Labute approximate surface area is 177 Å². The fourth-order valence-corrected chi connectivity index (χ4v) is 3.81. The van der Waals surface area contributed by atoms with Crippen LogP contribution in [0.4, 0.5) is 5.69 Å². The van der Waals surface area contributed by atoms with Crippen molar-refractivity contribution >= 4 is 17.5 Å². The van der Waals surface area contributed by atoms with E-state index in [0.29, 0.717) is 19.4 Å². The maximum atomic E-state index is 12.9. The van der Waals surface area contributed by atoms with Crippen LogP contribution in [0.15, 0.2) is 78.9 Å². The Hall–Kier alpha value is -3.40. The van der Waals surface area contributed by atoms with Crippen molar-refractivity contribution in [3.05, 3.63) is 90.0 Å². The van der Waals surface area contributed by atoms with E-state index in [1.807, 2.05) is 80.6 Å². The molecule has 1 aliphatic heterocycles. The summed E-state index contributed by atoms with van der Waals surface area (Å²) in [5.41, 5.74) is 4.32. The lowest BCUT2D eigenvalue weighted by molar-refractivity contribution is -0.154. The van der Waals surface area contributed by atoms with Crippen molar-refractivity contribution in [2.45, 2.75) is 32.2 Å². The lowest BCUT2D eigenvalue weighted by Gasteiger charge is -2.49. The summed E-state index contributed by atoms with van der Waals surface area (Å²) in [6, 6.07) is 25.9. The number of nitrogens with one attached hydrogen (secondary N) is 1. The summed E-state index contributed by atoms with van der Waals surface area (Å²) in [5, 5.41) is 2.95. The molecule has 1 N–H and O–H groups in total. The number of benzene rings is 3. The zero-order valence-electron chi connectivity index (χ0n) is 17.4. The smallest absolute Gasteiger partial charge is 0.250 e. The molecule has 1 saturated heterocycles. The lowest BCUT2D eigenvalue weighted by atomic mass is 9.84. The number of anilines is 1. The van der Waals surface area contributed by atoms with Gasteiger partial charge >= 0.3 is 0 Å². The number of aryl methyl sites for hydroxylation is 1. The quantitative estimate of drug-likeness (QED) is 0.669. The first-order chi connectivity index (χ1) is 14.5. The van der Waals surface area contributed by atoms with Gasteiger partial charge in [-0.3, -0.25) is 9.59 Å². The number of hydrogen-bond acceptors (Lipinski definition) is 2. The van der Waals surface area contributed by atoms with E-state index in [0.717, 1.165) is 27.9 Å². The molecule has 0 aromatic heterocycles. The van der Waals surface area contributed by atoms with Crippen LogP contribution in [0, 0.1) is 6.92 Å². The second-order valence-electron chi connectivity index (χ2n) is 8.13. The number of amides is 2. The summed E-state index contributed by atoms with van der Waals surface area (Å²) >= 11 is 0. The number of carbonyl (C=O) groups is 2. The third-order valence-corrected chi connectivity index (χ3v) is 5.93. The molecule has 4 rings (SSSR count).